The van der Waals surface area contributed by atoms with Gasteiger partial charge < -0.3 is 9.64 Å². The number of aromatic nitrogens is 2. The molecule has 0 radical (unpaired) electrons. The Bertz CT molecular complexity index is 819. The molecule has 1 amide bonds. The van der Waals surface area contributed by atoms with Crippen molar-refractivity contribution in [2.24, 2.45) is 7.05 Å². The molecule has 1 atom stereocenters. The highest BCUT2D eigenvalue weighted by molar-refractivity contribution is 5.93. The Morgan fingerprint density at radius 1 is 1.10 bits per heavy atom. The molecule has 0 saturated carbocycles. The smallest absolute Gasteiger partial charge is 0.257 e. The predicted octanol–water partition coefficient (Wildman–Crippen LogP) is 3.13. The number of ether oxygens (including phenoxy) is 1. The Labute approximate surface area is 173 Å². The van der Waals surface area contributed by atoms with Crippen molar-refractivity contribution in [1.82, 2.24) is 19.6 Å². The fraction of sp³-hybridized carbons (Fsp3) is 0.565. The summed E-state index contributed by atoms with van der Waals surface area (Å²) in [6.45, 7) is 4.16. The second kappa shape index (κ2) is 9.44. The van der Waals surface area contributed by atoms with Gasteiger partial charge in [0.25, 0.3) is 5.91 Å². The molecule has 1 aromatic carbocycles. The zero-order chi connectivity index (χ0) is 20.1. The Kier molecular flexibility index (Phi) is 6.49. The Balaban J connectivity index is 1.51. The molecule has 2 aromatic rings. The Morgan fingerprint density at radius 2 is 2.03 bits per heavy atom. The van der Waals surface area contributed by atoms with Gasteiger partial charge in [0.05, 0.1) is 18.4 Å². The lowest BCUT2D eigenvalue weighted by Crippen LogP contribution is -2.45. The third kappa shape index (κ3) is 5.18. The molecule has 2 aliphatic rings. The van der Waals surface area contributed by atoms with Gasteiger partial charge in [-0.3, -0.25) is 14.4 Å². The van der Waals surface area contributed by atoms with Crippen LogP contribution in [0, 0.1) is 0 Å². The van der Waals surface area contributed by atoms with Crippen molar-refractivity contribution >= 4 is 5.91 Å². The molecule has 3 heterocycles. The first-order valence-electron chi connectivity index (χ1n) is 10.9. The zero-order valence-corrected chi connectivity index (χ0v) is 17.4. The third-order valence-electron chi connectivity index (χ3n) is 6.15. The summed E-state index contributed by atoms with van der Waals surface area (Å²) in [7, 11) is 1.85. The van der Waals surface area contributed by atoms with E-state index in [-0.39, 0.29) is 5.91 Å². The molecule has 1 aromatic heterocycles. The van der Waals surface area contributed by atoms with Crippen LogP contribution in [0.5, 0.6) is 5.75 Å². The average Bonchev–Trinajstić information content (AvgIpc) is 3.18. The van der Waals surface area contributed by atoms with Crippen LogP contribution in [0.15, 0.2) is 36.7 Å². The van der Waals surface area contributed by atoms with Crippen molar-refractivity contribution in [2.75, 3.05) is 32.8 Å². The normalized spacial score (nSPS) is 21.7. The lowest BCUT2D eigenvalue weighted by molar-refractivity contribution is 0.0682. The summed E-state index contributed by atoms with van der Waals surface area (Å²) in [6.07, 6.45) is 10.4. The molecule has 156 valence electrons. The molecule has 0 aliphatic carbocycles. The minimum atomic E-state index is 0.0701. The van der Waals surface area contributed by atoms with Crippen molar-refractivity contribution in [3.8, 4) is 5.75 Å². The number of hydrogen-bond acceptors (Lipinski definition) is 4. The number of amides is 1. The maximum absolute atomic E-state index is 13.1. The zero-order valence-electron chi connectivity index (χ0n) is 17.4. The number of piperidine rings is 1. The summed E-state index contributed by atoms with van der Waals surface area (Å²) in [5.41, 5.74) is 2.02. The second-order valence-corrected chi connectivity index (χ2v) is 8.27. The molecular weight excluding hydrogens is 364 g/mol. The maximum atomic E-state index is 13.1. The summed E-state index contributed by atoms with van der Waals surface area (Å²) >= 11 is 0. The summed E-state index contributed by atoms with van der Waals surface area (Å²) in [6, 6.07) is 9.11. The number of rotatable bonds is 1. The fourth-order valence-electron chi connectivity index (χ4n) is 4.53. The largest absolute Gasteiger partial charge is 0.494 e. The van der Waals surface area contributed by atoms with Gasteiger partial charge in [0.15, 0.2) is 0 Å². The summed E-state index contributed by atoms with van der Waals surface area (Å²) < 4.78 is 7.66. The highest BCUT2D eigenvalue weighted by Crippen LogP contribution is 2.23. The van der Waals surface area contributed by atoms with Gasteiger partial charge in [0.1, 0.15) is 5.75 Å². The van der Waals surface area contributed by atoms with Crippen molar-refractivity contribution in [3.05, 3.63) is 47.8 Å². The first kappa shape index (κ1) is 20.0. The van der Waals surface area contributed by atoms with Gasteiger partial charge in [-0.25, -0.2) is 0 Å². The molecule has 0 N–H and O–H groups in total. The third-order valence-corrected chi connectivity index (χ3v) is 6.15. The van der Waals surface area contributed by atoms with Crippen LogP contribution in [0.4, 0.5) is 0 Å². The van der Waals surface area contributed by atoms with Crippen LogP contribution >= 0.6 is 0 Å². The van der Waals surface area contributed by atoms with Crippen molar-refractivity contribution < 1.29 is 9.53 Å². The summed E-state index contributed by atoms with van der Waals surface area (Å²) in [5.74, 6) is 1.01. The SMILES string of the molecule is Cn1cc(C(=O)N2CCCOc3cccc(c3)CCC3CCCCN3CC2)cn1. The molecular formula is C23H32N4O2. The van der Waals surface area contributed by atoms with E-state index in [1.54, 1.807) is 17.1 Å². The van der Waals surface area contributed by atoms with Gasteiger partial charge in [-0.05, 0) is 56.3 Å². The maximum Gasteiger partial charge on any atom is 0.257 e. The lowest BCUT2D eigenvalue weighted by atomic mass is 9.95. The molecule has 2 bridgehead atoms. The number of carbonyl (C=O) groups excluding carboxylic acids is 1. The minimum absolute atomic E-state index is 0.0701. The van der Waals surface area contributed by atoms with Crippen LogP contribution in [0.2, 0.25) is 0 Å². The highest BCUT2D eigenvalue weighted by atomic mass is 16.5. The van der Waals surface area contributed by atoms with Crippen LogP contribution in [0.3, 0.4) is 0 Å². The lowest BCUT2D eigenvalue weighted by Gasteiger charge is -2.37. The van der Waals surface area contributed by atoms with Gasteiger partial charge in [0, 0.05) is 38.9 Å². The van der Waals surface area contributed by atoms with Crippen LogP contribution in [-0.4, -0.2) is 64.3 Å². The molecule has 6 nitrogen and oxygen atoms in total. The van der Waals surface area contributed by atoms with Crippen LogP contribution in [0.1, 0.15) is 48.0 Å². The van der Waals surface area contributed by atoms with Crippen molar-refractivity contribution in [2.45, 2.75) is 44.6 Å². The van der Waals surface area contributed by atoms with Gasteiger partial charge in [-0.15, -0.1) is 0 Å². The number of aryl methyl sites for hydroxylation is 2. The van der Waals surface area contributed by atoms with E-state index in [0.29, 0.717) is 24.8 Å². The van der Waals surface area contributed by atoms with E-state index in [0.717, 1.165) is 38.2 Å². The number of nitrogens with zero attached hydrogens (tertiary/aromatic N) is 4. The fourth-order valence-corrected chi connectivity index (χ4v) is 4.53. The minimum Gasteiger partial charge on any atom is -0.494 e. The molecule has 2 aliphatic heterocycles. The second-order valence-electron chi connectivity index (χ2n) is 8.27. The summed E-state index contributed by atoms with van der Waals surface area (Å²) in [5, 5.41) is 4.17. The molecule has 1 fully saturated rings. The molecule has 1 unspecified atom stereocenters. The summed E-state index contributed by atoms with van der Waals surface area (Å²) in [4.78, 5) is 17.7. The molecule has 0 spiro atoms. The topological polar surface area (TPSA) is 50.6 Å². The molecule has 4 rings (SSSR count). The molecule has 29 heavy (non-hydrogen) atoms. The van der Waals surface area contributed by atoms with E-state index in [1.807, 2.05) is 18.0 Å². The number of fused-ring (bicyclic) bond motifs is 3. The standard InChI is InChI=1S/C23H32N4O2/c1-25-18-20(17-24-25)23(28)27-12-5-15-29-22-8-4-6-19(16-22)9-10-21-7-2-3-11-26(21)13-14-27/h4,6,8,16-18,21H,2-3,5,7,9-15H2,1H3. The number of carbonyl (C=O) groups is 1. The van der Waals surface area contributed by atoms with E-state index in [1.165, 1.54) is 31.2 Å². The van der Waals surface area contributed by atoms with E-state index in [9.17, 15) is 4.79 Å². The van der Waals surface area contributed by atoms with Gasteiger partial charge >= 0.3 is 0 Å². The quantitative estimate of drug-likeness (QED) is 0.743. The Hall–Kier alpha value is -2.34. The van der Waals surface area contributed by atoms with Gasteiger partial charge in [-0.1, -0.05) is 18.6 Å². The average molecular weight is 397 g/mol. The first-order chi connectivity index (χ1) is 14.2. The molecule has 1 saturated heterocycles. The van der Waals surface area contributed by atoms with E-state index < -0.39 is 0 Å². The highest BCUT2D eigenvalue weighted by Gasteiger charge is 2.24. The Morgan fingerprint density at radius 3 is 2.90 bits per heavy atom. The van der Waals surface area contributed by atoms with Crippen LogP contribution in [0.25, 0.3) is 0 Å². The van der Waals surface area contributed by atoms with E-state index >= 15 is 0 Å². The van der Waals surface area contributed by atoms with Crippen molar-refractivity contribution in [3.63, 3.8) is 0 Å². The van der Waals surface area contributed by atoms with Crippen LogP contribution in [-0.2, 0) is 13.5 Å². The van der Waals surface area contributed by atoms with E-state index in [4.69, 9.17) is 4.74 Å². The molecule has 6 heteroatoms. The van der Waals surface area contributed by atoms with Crippen molar-refractivity contribution in [1.29, 1.82) is 0 Å². The monoisotopic (exact) mass is 396 g/mol. The predicted molar refractivity (Wildman–Crippen MR) is 113 cm³/mol. The first-order valence-corrected chi connectivity index (χ1v) is 10.9. The number of benzene rings is 1. The van der Waals surface area contributed by atoms with Gasteiger partial charge in [0.2, 0.25) is 0 Å². The number of hydrogen-bond donors (Lipinski definition) is 0. The van der Waals surface area contributed by atoms with Crippen LogP contribution < -0.4 is 4.74 Å². The van der Waals surface area contributed by atoms with E-state index in [2.05, 4.69) is 28.2 Å². The van der Waals surface area contributed by atoms with Gasteiger partial charge in [-0.2, -0.15) is 5.10 Å².